The van der Waals surface area contributed by atoms with Crippen molar-refractivity contribution >= 4 is 44.7 Å². The molecule has 178 valence electrons. The summed E-state index contributed by atoms with van der Waals surface area (Å²) >= 11 is 0. The van der Waals surface area contributed by atoms with Gasteiger partial charge in [-0.1, -0.05) is 31.4 Å². The fourth-order valence-electron chi connectivity index (χ4n) is 5.13. The molecule has 0 saturated heterocycles. The van der Waals surface area contributed by atoms with Gasteiger partial charge in [0.2, 0.25) is 0 Å². The van der Waals surface area contributed by atoms with Crippen molar-refractivity contribution in [2.24, 2.45) is 0 Å². The Morgan fingerprint density at radius 2 is 1.71 bits per heavy atom. The molecule has 0 atom stereocenters. The highest BCUT2D eigenvalue weighted by Crippen LogP contribution is 2.34. The number of H-pyrrole nitrogens is 1. The van der Waals surface area contributed by atoms with Gasteiger partial charge in [-0.3, -0.25) is 14.0 Å². The van der Waals surface area contributed by atoms with E-state index >= 15 is 0 Å². The molecule has 5 aromatic rings. The molecule has 0 spiro atoms. The van der Waals surface area contributed by atoms with E-state index in [2.05, 4.69) is 10.3 Å². The van der Waals surface area contributed by atoms with Gasteiger partial charge in [0.25, 0.3) is 11.5 Å². The Morgan fingerprint density at radius 3 is 2.43 bits per heavy atom. The predicted octanol–water partition coefficient (Wildman–Crippen LogP) is 3.96. The van der Waals surface area contributed by atoms with Crippen LogP contribution < -0.4 is 20.3 Å². The van der Waals surface area contributed by atoms with Gasteiger partial charge in [-0.15, -0.1) is 0 Å². The monoisotopic (exact) mass is 471 g/mol. The maximum Gasteiger partial charge on any atom is 0.259 e. The van der Waals surface area contributed by atoms with Crippen molar-refractivity contribution in [1.29, 1.82) is 0 Å². The Kier molecular flexibility index (Phi) is 5.05. The number of benzene rings is 2. The number of nitrogens with zero attached hydrogens (tertiary/aromatic N) is 3. The van der Waals surface area contributed by atoms with E-state index in [1.807, 2.05) is 24.3 Å². The van der Waals surface area contributed by atoms with Crippen molar-refractivity contribution in [3.05, 3.63) is 52.3 Å². The molecular weight excluding hydrogens is 446 g/mol. The van der Waals surface area contributed by atoms with E-state index in [-0.39, 0.29) is 17.5 Å². The minimum absolute atomic E-state index is 0.103. The molecule has 3 aromatic heterocycles. The van der Waals surface area contributed by atoms with Crippen LogP contribution in [0.3, 0.4) is 0 Å². The Morgan fingerprint density at radius 1 is 1.03 bits per heavy atom. The molecule has 0 bridgehead atoms. The van der Waals surface area contributed by atoms with Gasteiger partial charge in [-0.25, -0.2) is 9.97 Å². The summed E-state index contributed by atoms with van der Waals surface area (Å²) < 4.78 is 12.7. The van der Waals surface area contributed by atoms with Gasteiger partial charge in [0, 0.05) is 12.1 Å². The summed E-state index contributed by atoms with van der Waals surface area (Å²) in [5.41, 5.74) is 3.18. The Hall–Kier alpha value is -4.14. The standard InChI is InChI=1S/C26H25N5O4/c1-34-19-12-15-18(13-20(19)35-2)31-23(30-25(15)32)21(26(33)27-14-8-4-3-5-9-14)22-24(31)29-17-11-7-6-10-16(17)28-22/h6-7,10-14H,3-5,8-9H2,1-2H3,(H,27,33)(H,30,32). The Balaban J connectivity index is 1.71. The van der Waals surface area contributed by atoms with Crippen LogP contribution in [0.5, 0.6) is 11.5 Å². The number of nitrogens with one attached hydrogen (secondary N) is 2. The summed E-state index contributed by atoms with van der Waals surface area (Å²) in [6.45, 7) is 0. The number of hydrogen-bond acceptors (Lipinski definition) is 6. The van der Waals surface area contributed by atoms with Crippen molar-refractivity contribution in [2.45, 2.75) is 38.1 Å². The maximum atomic E-state index is 13.7. The molecule has 0 unspecified atom stereocenters. The third-order valence-electron chi connectivity index (χ3n) is 6.85. The summed E-state index contributed by atoms with van der Waals surface area (Å²) in [6, 6.07) is 11.0. The van der Waals surface area contributed by atoms with E-state index in [0.29, 0.717) is 55.8 Å². The summed E-state index contributed by atoms with van der Waals surface area (Å²) in [5, 5.41) is 3.57. The summed E-state index contributed by atoms with van der Waals surface area (Å²) in [7, 11) is 3.06. The lowest BCUT2D eigenvalue weighted by Gasteiger charge is -2.22. The van der Waals surface area contributed by atoms with Gasteiger partial charge >= 0.3 is 0 Å². The predicted molar refractivity (Wildman–Crippen MR) is 134 cm³/mol. The highest BCUT2D eigenvalue weighted by molar-refractivity contribution is 6.13. The molecule has 0 aliphatic heterocycles. The van der Waals surface area contributed by atoms with Gasteiger partial charge in [-0.05, 0) is 31.0 Å². The number of fused-ring (bicyclic) bond motifs is 6. The van der Waals surface area contributed by atoms with Crippen molar-refractivity contribution in [1.82, 2.24) is 24.7 Å². The van der Waals surface area contributed by atoms with Crippen LogP contribution in [0, 0.1) is 0 Å². The van der Waals surface area contributed by atoms with E-state index in [4.69, 9.17) is 19.4 Å². The van der Waals surface area contributed by atoms with E-state index in [0.717, 1.165) is 25.7 Å². The number of rotatable bonds is 4. The average Bonchev–Trinajstić information content (AvgIpc) is 3.20. The number of hydrogen-bond donors (Lipinski definition) is 2. The second kappa shape index (κ2) is 8.26. The van der Waals surface area contributed by atoms with Crippen molar-refractivity contribution in [3.8, 4) is 11.5 Å². The number of methoxy groups -OCH3 is 2. The molecule has 0 radical (unpaired) electrons. The first-order valence-electron chi connectivity index (χ1n) is 11.8. The molecule has 6 rings (SSSR count). The zero-order valence-electron chi connectivity index (χ0n) is 19.6. The number of carbonyl (C=O) groups excluding carboxylic acids is 1. The van der Waals surface area contributed by atoms with E-state index in [1.54, 1.807) is 16.5 Å². The third-order valence-corrected chi connectivity index (χ3v) is 6.85. The number of ether oxygens (including phenoxy) is 2. The molecule has 1 aliphatic carbocycles. The highest BCUT2D eigenvalue weighted by Gasteiger charge is 2.27. The van der Waals surface area contributed by atoms with Crippen LogP contribution in [0.1, 0.15) is 42.5 Å². The van der Waals surface area contributed by atoms with Crippen LogP contribution in [-0.4, -0.2) is 45.5 Å². The van der Waals surface area contributed by atoms with Crippen LogP contribution in [0.25, 0.3) is 38.7 Å². The molecule has 9 heteroatoms. The fourth-order valence-corrected chi connectivity index (χ4v) is 5.13. The van der Waals surface area contributed by atoms with Crippen LogP contribution in [0.4, 0.5) is 0 Å². The molecule has 35 heavy (non-hydrogen) atoms. The van der Waals surface area contributed by atoms with Gasteiger partial charge in [0.05, 0.1) is 36.2 Å². The zero-order valence-corrected chi connectivity index (χ0v) is 19.6. The van der Waals surface area contributed by atoms with Crippen LogP contribution in [-0.2, 0) is 0 Å². The minimum Gasteiger partial charge on any atom is -0.493 e. The summed E-state index contributed by atoms with van der Waals surface area (Å²) in [5.74, 6) is 0.647. The second-order valence-corrected chi connectivity index (χ2v) is 8.93. The molecule has 1 saturated carbocycles. The van der Waals surface area contributed by atoms with Crippen molar-refractivity contribution in [3.63, 3.8) is 0 Å². The van der Waals surface area contributed by atoms with Gasteiger partial charge in [-0.2, -0.15) is 0 Å². The third kappa shape index (κ3) is 3.38. The number of amides is 1. The largest absolute Gasteiger partial charge is 0.493 e. The van der Waals surface area contributed by atoms with Gasteiger partial charge in [0.1, 0.15) is 16.7 Å². The number of para-hydroxylation sites is 2. The molecule has 9 nitrogen and oxygen atoms in total. The Bertz CT molecular complexity index is 1680. The zero-order chi connectivity index (χ0) is 24.1. The lowest BCUT2D eigenvalue weighted by atomic mass is 9.95. The number of carbonyl (C=O) groups is 1. The molecule has 1 amide bonds. The van der Waals surface area contributed by atoms with E-state index in [9.17, 15) is 9.59 Å². The number of aromatic amines is 1. The topological polar surface area (TPSA) is 111 Å². The second-order valence-electron chi connectivity index (χ2n) is 8.93. The Labute approximate surface area is 200 Å². The first-order valence-corrected chi connectivity index (χ1v) is 11.8. The summed E-state index contributed by atoms with van der Waals surface area (Å²) in [6.07, 6.45) is 5.26. The molecule has 1 fully saturated rings. The van der Waals surface area contributed by atoms with Gasteiger partial charge < -0.3 is 19.8 Å². The highest BCUT2D eigenvalue weighted by atomic mass is 16.5. The fraction of sp³-hybridized carbons (Fsp3) is 0.308. The molecule has 1 aliphatic rings. The van der Waals surface area contributed by atoms with Gasteiger partial charge in [0.15, 0.2) is 17.1 Å². The van der Waals surface area contributed by atoms with E-state index in [1.165, 1.54) is 20.6 Å². The summed E-state index contributed by atoms with van der Waals surface area (Å²) in [4.78, 5) is 39.5. The first kappa shape index (κ1) is 21.4. The maximum absolute atomic E-state index is 13.7. The SMILES string of the molecule is COc1cc2c(=O)[nH]c3c(C(=O)NC4CCCCC4)c4nc5ccccc5nc4n3c2cc1OC. The molecule has 2 N–H and O–H groups in total. The lowest BCUT2D eigenvalue weighted by Crippen LogP contribution is -2.36. The van der Waals surface area contributed by atoms with Crippen molar-refractivity contribution < 1.29 is 14.3 Å². The molecular formula is C26H25N5O4. The normalized spacial score (nSPS) is 14.7. The smallest absolute Gasteiger partial charge is 0.259 e. The number of aromatic nitrogens is 4. The molecule has 3 heterocycles. The van der Waals surface area contributed by atoms with Crippen molar-refractivity contribution in [2.75, 3.05) is 14.2 Å². The van der Waals surface area contributed by atoms with Crippen LogP contribution in [0.15, 0.2) is 41.2 Å². The first-order chi connectivity index (χ1) is 17.1. The minimum atomic E-state index is -0.340. The van der Waals surface area contributed by atoms with E-state index < -0.39 is 0 Å². The average molecular weight is 472 g/mol. The lowest BCUT2D eigenvalue weighted by molar-refractivity contribution is 0.0930. The van der Waals surface area contributed by atoms with Crippen LogP contribution in [0.2, 0.25) is 0 Å². The quantitative estimate of drug-likeness (QED) is 0.411. The molecule has 2 aromatic carbocycles. The van der Waals surface area contributed by atoms with Crippen LogP contribution >= 0.6 is 0 Å².